The largest absolute Gasteiger partial charge is 0.437 e. The molecule has 0 aliphatic rings. The number of imidazole rings is 1. The lowest BCUT2D eigenvalue weighted by Gasteiger charge is -2.05. The van der Waals surface area contributed by atoms with E-state index in [1.54, 1.807) is 0 Å². The second-order valence-corrected chi connectivity index (χ2v) is 4.79. The maximum absolute atomic E-state index is 5.68. The number of aromatic nitrogens is 4. The van der Waals surface area contributed by atoms with Crippen LogP contribution in [0, 0.1) is 3.57 Å². The fourth-order valence-corrected chi connectivity index (χ4v) is 1.87. The molecule has 2 heterocycles. The van der Waals surface area contributed by atoms with Gasteiger partial charge in [0.1, 0.15) is 11.3 Å². The molecule has 2 aromatic heterocycles. The molecule has 0 spiro atoms. The number of H-pyrrole nitrogens is 1. The van der Waals surface area contributed by atoms with Gasteiger partial charge in [0, 0.05) is 3.57 Å². The molecule has 0 saturated heterocycles. The molecule has 0 bridgehead atoms. The Balaban J connectivity index is 2.03. The van der Waals surface area contributed by atoms with Crippen molar-refractivity contribution >= 4 is 39.7 Å². The van der Waals surface area contributed by atoms with Crippen LogP contribution in [0.1, 0.15) is 0 Å². The highest BCUT2D eigenvalue weighted by atomic mass is 127. The lowest BCUT2D eigenvalue weighted by Crippen LogP contribution is -1.98. The normalized spacial score (nSPS) is 10.7. The molecule has 3 rings (SSSR count). The minimum Gasteiger partial charge on any atom is -0.437 e. The van der Waals surface area contributed by atoms with Crippen LogP contribution in [-0.4, -0.2) is 19.9 Å². The predicted octanol–water partition coefficient (Wildman–Crippen LogP) is 2.33. The molecule has 7 heteroatoms. The van der Waals surface area contributed by atoms with Gasteiger partial charge in [-0.25, -0.2) is 4.98 Å². The molecule has 1 aromatic carbocycles. The standard InChI is InChI=1S/C11H8IN5O/c12-6-1-3-7(4-2-6)18-10-8-9(15-5-14-8)16-11(13)17-10/h1-5H,(H3,13,14,15,16,17). The summed E-state index contributed by atoms with van der Waals surface area (Å²) in [5.74, 6) is 1.19. The van der Waals surface area contributed by atoms with Crippen LogP contribution in [-0.2, 0) is 0 Å². The van der Waals surface area contributed by atoms with Crippen LogP contribution in [0.4, 0.5) is 5.95 Å². The molecular formula is C11H8IN5O. The van der Waals surface area contributed by atoms with E-state index in [4.69, 9.17) is 10.5 Å². The molecule has 0 unspecified atom stereocenters. The molecular weight excluding hydrogens is 345 g/mol. The number of ether oxygens (including phenoxy) is 1. The van der Waals surface area contributed by atoms with Crippen LogP contribution in [0.5, 0.6) is 11.6 Å². The SMILES string of the molecule is Nc1nc(Oc2ccc(I)cc2)c2[nH]cnc2n1. The molecule has 0 aliphatic heterocycles. The van der Waals surface area contributed by atoms with Gasteiger partial charge in [0.15, 0.2) is 5.65 Å². The summed E-state index contributed by atoms with van der Waals surface area (Å²) < 4.78 is 6.81. The smallest absolute Gasteiger partial charge is 0.250 e. The number of hydrogen-bond donors (Lipinski definition) is 2. The summed E-state index contributed by atoms with van der Waals surface area (Å²) in [5, 5.41) is 0. The van der Waals surface area contributed by atoms with Crippen molar-refractivity contribution in [3.63, 3.8) is 0 Å². The molecule has 0 amide bonds. The first kappa shape index (κ1) is 11.2. The van der Waals surface area contributed by atoms with Crippen molar-refractivity contribution in [3.8, 4) is 11.6 Å². The summed E-state index contributed by atoms with van der Waals surface area (Å²) in [6.07, 6.45) is 1.53. The van der Waals surface area contributed by atoms with E-state index in [1.165, 1.54) is 6.33 Å². The van der Waals surface area contributed by atoms with Crippen LogP contribution in [0.15, 0.2) is 30.6 Å². The number of rotatable bonds is 2. The second-order valence-electron chi connectivity index (χ2n) is 3.54. The number of nitrogens with two attached hydrogens (primary N) is 1. The predicted molar refractivity (Wildman–Crippen MR) is 75.3 cm³/mol. The first-order chi connectivity index (χ1) is 8.72. The van der Waals surface area contributed by atoms with Crippen molar-refractivity contribution in [2.24, 2.45) is 0 Å². The molecule has 6 nitrogen and oxygen atoms in total. The van der Waals surface area contributed by atoms with Gasteiger partial charge in [-0.1, -0.05) is 0 Å². The van der Waals surface area contributed by atoms with Crippen molar-refractivity contribution in [2.45, 2.75) is 0 Å². The van der Waals surface area contributed by atoms with Crippen LogP contribution in [0.25, 0.3) is 11.2 Å². The van der Waals surface area contributed by atoms with E-state index in [0.717, 1.165) is 3.57 Å². The molecule has 0 saturated carbocycles. The van der Waals surface area contributed by atoms with Crippen molar-refractivity contribution in [1.82, 2.24) is 19.9 Å². The van der Waals surface area contributed by atoms with Gasteiger partial charge in [-0.3, -0.25) is 0 Å². The van der Waals surface area contributed by atoms with Crippen LogP contribution in [0.2, 0.25) is 0 Å². The third kappa shape index (κ3) is 2.08. The molecule has 0 radical (unpaired) electrons. The average Bonchev–Trinajstić information content (AvgIpc) is 2.80. The Labute approximate surface area is 116 Å². The Morgan fingerprint density at radius 3 is 2.72 bits per heavy atom. The van der Waals surface area contributed by atoms with Crippen molar-refractivity contribution < 1.29 is 4.74 Å². The molecule has 3 aromatic rings. The Hall–Kier alpha value is -1.90. The highest BCUT2D eigenvalue weighted by Crippen LogP contribution is 2.26. The van der Waals surface area contributed by atoms with Gasteiger partial charge in [0.25, 0.3) is 5.88 Å². The van der Waals surface area contributed by atoms with Gasteiger partial charge in [-0.2, -0.15) is 9.97 Å². The quantitative estimate of drug-likeness (QED) is 0.691. The summed E-state index contributed by atoms with van der Waals surface area (Å²) in [6, 6.07) is 7.62. The third-order valence-corrected chi connectivity index (χ3v) is 3.02. The van der Waals surface area contributed by atoms with Gasteiger partial charge in [0.2, 0.25) is 5.95 Å². The molecule has 0 fully saturated rings. The maximum Gasteiger partial charge on any atom is 0.250 e. The highest BCUT2D eigenvalue weighted by molar-refractivity contribution is 14.1. The summed E-state index contributed by atoms with van der Waals surface area (Å²) in [4.78, 5) is 15.0. The molecule has 3 N–H and O–H groups in total. The van der Waals surface area contributed by atoms with Crippen molar-refractivity contribution in [2.75, 3.05) is 5.73 Å². The van der Waals surface area contributed by atoms with E-state index >= 15 is 0 Å². The number of nitrogens with one attached hydrogen (secondary N) is 1. The fraction of sp³-hybridized carbons (Fsp3) is 0. The molecule has 90 valence electrons. The fourth-order valence-electron chi connectivity index (χ4n) is 1.51. The molecule has 0 atom stereocenters. The summed E-state index contributed by atoms with van der Waals surface area (Å²) >= 11 is 2.23. The number of halogens is 1. The summed E-state index contributed by atoms with van der Waals surface area (Å²) in [5.41, 5.74) is 6.72. The highest BCUT2D eigenvalue weighted by Gasteiger charge is 2.10. The Kier molecular flexibility index (Phi) is 2.74. The van der Waals surface area contributed by atoms with E-state index in [0.29, 0.717) is 22.8 Å². The Bertz CT molecular complexity index is 694. The third-order valence-electron chi connectivity index (χ3n) is 2.30. The Morgan fingerprint density at radius 1 is 1.17 bits per heavy atom. The van der Waals surface area contributed by atoms with Gasteiger partial charge in [-0.05, 0) is 46.9 Å². The van der Waals surface area contributed by atoms with Gasteiger partial charge in [-0.15, -0.1) is 0 Å². The number of fused-ring (bicyclic) bond motifs is 1. The van der Waals surface area contributed by atoms with Gasteiger partial charge >= 0.3 is 0 Å². The zero-order valence-corrected chi connectivity index (χ0v) is 11.2. The van der Waals surface area contributed by atoms with E-state index in [-0.39, 0.29) is 5.95 Å². The van der Waals surface area contributed by atoms with Crippen molar-refractivity contribution in [3.05, 3.63) is 34.2 Å². The number of aromatic amines is 1. The number of hydrogen-bond acceptors (Lipinski definition) is 5. The van der Waals surface area contributed by atoms with Crippen LogP contribution >= 0.6 is 22.6 Å². The number of nitrogen functional groups attached to an aromatic ring is 1. The van der Waals surface area contributed by atoms with Crippen LogP contribution < -0.4 is 10.5 Å². The van der Waals surface area contributed by atoms with Gasteiger partial charge < -0.3 is 15.5 Å². The average molecular weight is 353 g/mol. The van der Waals surface area contributed by atoms with Crippen molar-refractivity contribution in [1.29, 1.82) is 0 Å². The minimum absolute atomic E-state index is 0.134. The lowest BCUT2D eigenvalue weighted by molar-refractivity contribution is 0.468. The Morgan fingerprint density at radius 2 is 1.94 bits per heavy atom. The zero-order chi connectivity index (χ0) is 12.5. The first-order valence-electron chi connectivity index (χ1n) is 5.12. The van der Waals surface area contributed by atoms with Gasteiger partial charge in [0.05, 0.1) is 6.33 Å². The zero-order valence-electron chi connectivity index (χ0n) is 9.09. The number of nitrogens with zero attached hydrogens (tertiary/aromatic N) is 3. The first-order valence-corrected chi connectivity index (χ1v) is 6.20. The number of anilines is 1. The minimum atomic E-state index is 0.134. The number of benzene rings is 1. The van der Waals surface area contributed by atoms with E-state index < -0.39 is 0 Å². The van der Waals surface area contributed by atoms with Crippen LogP contribution in [0.3, 0.4) is 0 Å². The monoisotopic (exact) mass is 353 g/mol. The summed E-state index contributed by atoms with van der Waals surface area (Å²) in [7, 11) is 0. The second kappa shape index (κ2) is 4.41. The van der Waals surface area contributed by atoms with E-state index in [1.807, 2.05) is 24.3 Å². The van der Waals surface area contributed by atoms with E-state index in [9.17, 15) is 0 Å². The maximum atomic E-state index is 5.68. The lowest BCUT2D eigenvalue weighted by atomic mass is 10.3. The molecule has 18 heavy (non-hydrogen) atoms. The summed E-state index contributed by atoms with van der Waals surface area (Å²) in [6.45, 7) is 0. The molecule has 0 aliphatic carbocycles. The topological polar surface area (TPSA) is 89.7 Å². The van der Waals surface area contributed by atoms with E-state index in [2.05, 4.69) is 42.5 Å².